The van der Waals surface area contributed by atoms with Crippen LogP contribution >= 0.6 is 0 Å². The quantitative estimate of drug-likeness (QED) is 0.798. The van der Waals surface area contributed by atoms with Crippen LogP contribution in [0.3, 0.4) is 0 Å². The van der Waals surface area contributed by atoms with Crippen LogP contribution in [0.5, 0.6) is 0 Å². The molecule has 0 amide bonds. The average Bonchev–Trinajstić information content (AvgIpc) is 2.87. The van der Waals surface area contributed by atoms with E-state index in [9.17, 15) is 8.42 Å². The Bertz CT molecular complexity index is 334. The van der Waals surface area contributed by atoms with Crippen LogP contribution in [0.4, 0.5) is 0 Å². The van der Waals surface area contributed by atoms with E-state index in [-0.39, 0.29) is 5.41 Å². The highest BCUT2D eigenvalue weighted by atomic mass is 32.2. The molecule has 0 saturated carbocycles. The van der Waals surface area contributed by atoms with Gasteiger partial charge >= 0.3 is 0 Å². The first-order chi connectivity index (χ1) is 7.58. The SMILES string of the molecule is CCCCS(=O)(=O)N1CCC2(CCNC2)C1. The summed E-state index contributed by atoms with van der Waals surface area (Å²) in [5.74, 6) is 0.326. The number of hydrogen-bond donors (Lipinski definition) is 1. The Morgan fingerprint density at radius 1 is 1.38 bits per heavy atom. The molecule has 94 valence electrons. The van der Waals surface area contributed by atoms with Crippen molar-refractivity contribution in [2.45, 2.75) is 32.6 Å². The van der Waals surface area contributed by atoms with Crippen molar-refractivity contribution < 1.29 is 8.42 Å². The lowest BCUT2D eigenvalue weighted by Crippen LogP contribution is -2.34. The fourth-order valence-electron chi connectivity index (χ4n) is 2.73. The summed E-state index contributed by atoms with van der Waals surface area (Å²) < 4.78 is 25.8. The van der Waals surface area contributed by atoms with Gasteiger partial charge in [-0.1, -0.05) is 13.3 Å². The van der Waals surface area contributed by atoms with Crippen LogP contribution in [0.25, 0.3) is 0 Å². The van der Waals surface area contributed by atoms with E-state index in [0.717, 1.165) is 51.9 Å². The largest absolute Gasteiger partial charge is 0.316 e. The lowest BCUT2D eigenvalue weighted by molar-refractivity contribution is 0.338. The van der Waals surface area contributed by atoms with Crippen molar-refractivity contribution in [1.82, 2.24) is 9.62 Å². The minimum atomic E-state index is -2.98. The maximum absolute atomic E-state index is 12.0. The van der Waals surface area contributed by atoms with Gasteiger partial charge in [0.1, 0.15) is 0 Å². The molecule has 1 N–H and O–H groups in total. The van der Waals surface area contributed by atoms with Crippen LogP contribution in [0.2, 0.25) is 0 Å². The van der Waals surface area contributed by atoms with Crippen molar-refractivity contribution in [3.63, 3.8) is 0 Å². The van der Waals surface area contributed by atoms with E-state index in [4.69, 9.17) is 0 Å². The van der Waals surface area contributed by atoms with Crippen molar-refractivity contribution in [2.24, 2.45) is 5.41 Å². The summed E-state index contributed by atoms with van der Waals surface area (Å²) in [4.78, 5) is 0. The van der Waals surface area contributed by atoms with E-state index in [1.165, 1.54) is 0 Å². The van der Waals surface area contributed by atoms with Gasteiger partial charge in [0.2, 0.25) is 10.0 Å². The van der Waals surface area contributed by atoms with Gasteiger partial charge in [0.25, 0.3) is 0 Å². The maximum atomic E-state index is 12.0. The first kappa shape index (κ1) is 12.3. The van der Waals surface area contributed by atoms with E-state index >= 15 is 0 Å². The van der Waals surface area contributed by atoms with E-state index < -0.39 is 10.0 Å². The molecule has 1 unspecified atom stereocenters. The highest BCUT2D eigenvalue weighted by molar-refractivity contribution is 7.89. The molecule has 1 spiro atoms. The maximum Gasteiger partial charge on any atom is 0.214 e. The van der Waals surface area contributed by atoms with Gasteiger partial charge in [-0.2, -0.15) is 0 Å². The van der Waals surface area contributed by atoms with Crippen LogP contribution in [-0.4, -0.2) is 44.7 Å². The lowest BCUT2D eigenvalue weighted by Gasteiger charge is -2.22. The zero-order valence-electron chi connectivity index (χ0n) is 10.0. The Balaban J connectivity index is 1.97. The van der Waals surface area contributed by atoms with Crippen LogP contribution in [0, 0.1) is 5.41 Å². The Morgan fingerprint density at radius 3 is 2.81 bits per heavy atom. The molecule has 0 bridgehead atoms. The number of nitrogens with one attached hydrogen (secondary N) is 1. The molecule has 4 nitrogen and oxygen atoms in total. The van der Waals surface area contributed by atoms with Crippen LogP contribution < -0.4 is 5.32 Å². The highest BCUT2D eigenvalue weighted by Crippen LogP contribution is 2.37. The Kier molecular flexibility index (Phi) is 3.56. The third-order valence-electron chi connectivity index (χ3n) is 3.88. The molecular weight excluding hydrogens is 224 g/mol. The number of unbranched alkanes of at least 4 members (excludes halogenated alkanes) is 1. The van der Waals surface area contributed by atoms with E-state index in [0.29, 0.717) is 5.75 Å². The van der Waals surface area contributed by atoms with Gasteiger partial charge in [-0.3, -0.25) is 0 Å². The lowest BCUT2D eigenvalue weighted by atomic mass is 9.87. The van der Waals surface area contributed by atoms with Crippen molar-refractivity contribution in [2.75, 3.05) is 31.9 Å². The number of sulfonamides is 1. The van der Waals surface area contributed by atoms with E-state index in [2.05, 4.69) is 5.32 Å². The molecule has 2 aliphatic heterocycles. The molecule has 2 rings (SSSR count). The number of hydrogen-bond acceptors (Lipinski definition) is 3. The predicted octanol–water partition coefficient (Wildman–Crippen LogP) is 0.802. The van der Waals surface area contributed by atoms with Crippen molar-refractivity contribution in [3.05, 3.63) is 0 Å². The summed E-state index contributed by atoms with van der Waals surface area (Å²) in [7, 11) is -2.98. The summed E-state index contributed by atoms with van der Waals surface area (Å²) >= 11 is 0. The second-order valence-corrected chi connectivity index (χ2v) is 7.27. The third kappa shape index (κ3) is 2.41. The molecule has 0 aliphatic carbocycles. The van der Waals surface area contributed by atoms with Gasteiger partial charge in [-0.15, -0.1) is 0 Å². The predicted molar refractivity (Wildman–Crippen MR) is 64.8 cm³/mol. The molecule has 2 fully saturated rings. The van der Waals surface area contributed by atoms with Gasteiger partial charge in [-0.25, -0.2) is 12.7 Å². The van der Waals surface area contributed by atoms with E-state index in [1.807, 2.05) is 6.92 Å². The fraction of sp³-hybridized carbons (Fsp3) is 1.00. The first-order valence-electron chi connectivity index (χ1n) is 6.27. The van der Waals surface area contributed by atoms with Crippen molar-refractivity contribution in [1.29, 1.82) is 0 Å². The molecular formula is C11H22N2O2S. The standard InChI is InChI=1S/C11H22N2O2S/c1-2-3-8-16(14,15)13-7-5-11(10-13)4-6-12-9-11/h12H,2-10H2,1H3. The average molecular weight is 246 g/mol. The third-order valence-corrected chi connectivity index (χ3v) is 5.79. The summed E-state index contributed by atoms with van der Waals surface area (Å²) in [6, 6.07) is 0. The Labute approximate surface area is 98.4 Å². The minimum absolute atomic E-state index is 0.249. The summed E-state index contributed by atoms with van der Waals surface area (Å²) in [5, 5.41) is 3.35. The summed E-state index contributed by atoms with van der Waals surface area (Å²) in [5.41, 5.74) is 0.249. The summed E-state index contributed by atoms with van der Waals surface area (Å²) in [6.45, 7) is 5.54. The zero-order chi connectivity index (χ0) is 11.6. The van der Waals surface area contributed by atoms with Gasteiger partial charge in [-0.05, 0) is 31.2 Å². The summed E-state index contributed by atoms with van der Waals surface area (Å²) in [6.07, 6.45) is 3.89. The molecule has 5 heteroatoms. The van der Waals surface area contributed by atoms with E-state index in [1.54, 1.807) is 4.31 Å². The fourth-order valence-corrected chi connectivity index (χ4v) is 4.48. The molecule has 2 saturated heterocycles. The zero-order valence-corrected chi connectivity index (χ0v) is 10.9. The number of nitrogens with zero attached hydrogens (tertiary/aromatic N) is 1. The molecule has 0 aromatic rings. The van der Waals surface area contributed by atoms with Gasteiger partial charge in [0, 0.05) is 19.6 Å². The molecule has 0 aromatic carbocycles. The highest BCUT2D eigenvalue weighted by Gasteiger charge is 2.43. The van der Waals surface area contributed by atoms with Gasteiger partial charge in [0.05, 0.1) is 5.75 Å². The second kappa shape index (κ2) is 4.63. The van der Waals surface area contributed by atoms with Crippen LogP contribution in [-0.2, 0) is 10.0 Å². The van der Waals surface area contributed by atoms with Crippen LogP contribution in [0.1, 0.15) is 32.6 Å². The van der Waals surface area contributed by atoms with Gasteiger partial charge < -0.3 is 5.32 Å². The smallest absolute Gasteiger partial charge is 0.214 e. The molecule has 2 heterocycles. The molecule has 1 atom stereocenters. The molecule has 0 radical (unpaired) electrons. The minimum Gasteiger partial charge on any atom is -0.316 e. The molecule has 0 aromatic heterocycles. The van der Waals surface area contributed by atoms with Crippen molar-refractivity contribution in [3.8, 4) is 0 Å². The monoisotopic (exact) mass is 246 g/mol. The normalized spacial score (nSPS) is 31.6. The Hall–Kier alpha value is -0.130. The second-order valence-electron chi connectivity index (χ2n) is 5.18. The van der Waals surface area contributed by atoms with Crippen LogP contribution in [0.15, 0.2) is 0 Å². The topological polar surface area (TPSA) is 49.4 Å². The van der Waals surface area contributed by atoms with Gasteiger partial charge in [0.15, 0.2) is 0 Å². The number of rotatable bonds is 4. The van der Waals surface area contributed by atoms with Crippen molar-refractivity contribution >= 4 is 10.0 Å². The molecule has 2 aliphatic rings. The Morgan fingerprint density at radius 2 is 2.19 bits per heavy atom. The molecule has 16 heavy (non-hydrogen) atoms. The first-order valence-corrected chi connectivity index (χ1v) is 7.87.